The van der Waals surface area contributed by atoms with Crippen LogP contribution in [0.4, 0.5) is 0 Å². The van der Waals surface area contributed by atoms with Crippen LogP contribution in [0, 0.1) is 0 Å². The summed E-state index contributed by atoms with van der Waals surface area (Å²) >= 11 is 1.75. The number of aliphatic hydroxyl groups is 1. The van der Waals surface area contributed by atoms with Crippen molar-refractivity contribution in [2.45, 2.75) is 38.5 Å². The molecule has 2 aromatic carbocycles. The van der Waals surface area contributed by atoms with E-state index in [-0.39, 0.29) is 6.04 Å². The van der Waals surface area contributed by atoms with E-state index in [2.05, 4.69) is 12.2 Å². The van der Waals surface area contributed by atoms with Gasteiger partial charge in [0.15, 0.2) is 0 Å². The molecular weight excluding hydrogens is 320 g/mol. The van der Waals surface area contributed by atoms with E-state index in [0.29, 0.717) is 6.42 Å². The molecule has 0 aromatic heterocycles. The van der Waals surface area contributed by atoms with Gasteiger partial charge >= 0.3 is 0 Å². The second-order valence-electron chi connectivity index (χ2n) is 5.89. The average Bonchev–Trinajstić information content (AvgIpc) is 2.60. The highest BCUT2D eigenvalue weighted by molar-refractivity contribution is 7.99. The molecule has 0 unspecified atom stereocenters. The minimum atomic E-state index is -1.18. The number of hydrogen-bond acceptors (Lipinski definition) is 4. The minimum Gasteiger partial charge on any atom is -0.382 e. The lowest BCUT2D eigenvalue weighted by molar-refractivity contribution is -0.131. The normalized spacial score (nSPS) is 15.0. The number of aliphatic hydroxyl groups excluding tert-OH is 1. The third-order valence-corrected chi connectivity index (χ3v) is 5.06. The first-order valence-corrected chi connectivity index (χ1v) is 9.49. The number of nitrogens with one attached hydrogen (secondary N) is 1. The van der Waals surface area contributed by atoms with Gasteiger partial charge in [-0.15, -0.1) is 0 Å². The third-order valence-electron chi connectivity index (χ3n) is 4.12. The molecule has 2 aromatic rings. The van der Waals surface area contributed by atoms with Crippen molar-refractivity contribution < 1.29 is 9.90 Å². The highest BCUT2D eigenvalue weighted by Gasteiger charge is 2.24. The topological polar surface area (TPSA) is 75.3 Å². The van der Waals surface area contributed by atoms with Crippen molar-refractivity contribution in [3.05, 3.63) is 48.0 Å². The van der Waals surface area contributed by atoms with Crippen molar-refractivity contribution in [1.82, 2.24) is 5.32 Å². The molecule has 130 valence electrons. The molecule has 0 spiro atoms. The van der Waals surface area contributed by atoms with E-state index in [1.807, 2.05) is 49.4 Å². The summed E-state index contributed by atoms with van der Waals surface area (Å²) in [5.74, 6) is 1.44. The highest BCUT2D eigenvalue weighted by atomic mass is 32.2. The number of carbonyl (C=O) groups is 1. The third kappa shape index (κ3) is 4.72. The molecule has 0 bridgehead atoms. The van der Waals surface area contributed by atoms with Crippen LogP contribution >= 0.6 is 11.8 Å². The molecule has 0 saturated carbocycles. The molecule has 3 atom stereocenters. The van der Waals surface area contributed by atoms with Crippen LogP contribution < -0.4 is 11.1 Å². The van der Waals surface area contributed by atoms with Gasteiger partial charge in [0.2, 0.25) is 0 Å². The Morgan fingerprint density at radius 2 is 1.96 bits per heavy atom. The first kappa shape index (κ1) is 18.8. The van der Waals surface area contributed by atoms with Gasteiger partial charge in [-0.05, 0) is 41.2 Å². The van der Waals surface area contributed by atoms with Gasteiger partial charge in [0, 0.05) is 6.04 Å². The van der Waals surface area contributed by atoms with Crippen LogP contribution in [-0.2, 0) is 4.79 Å². The molecule has 24 heavy (non-hydrogen) atoms. The molecule has 0 radical (unpaired) electrons. The van der Waals surface area contributed by atoms with E-state index in [1.54, 1.807) is 11.8 Å². The zero-order valence-electron chi connectivity index (χ0n) is 14.2. The van der Waals surface area contributed by atoms with E-state index >= 15 is 0 Å². The number of hydrogen-bond donors (Lipinski definition) is 3. The highest BCUT2D eigenvalue weighted by Crippen LogP contribution is 2.24. The SMILES string of the molecule is CCSCC[C@@H](N)[C@@H](O)C(=O)N[C@@H](C)c1cccc2ccccc12. The van der Waals surface area contributed by atoms with Crippen LogP contribution in [0.5, 0.6) is 0 Å². The summed E-state index contributed by atoms with van der Waals surface area (Å²) in [6.45, 7) is 4.00. The van der Waals surface area contributed by atoms with Crippen LogP contribution in [0.25, 0.3) is 10.8 Å². The Morgan fingerprint density at radius 1 is 1.25 bits per heavy atom. The molecule has 1 amide bonds. The van der Waals surface area contributed by atoms with E-state index in [4.69, 9.17) is 5.73 Å². The molecule has 2 rings (SSSR count). The van der Waals surface area contributed by atoms with Crippen LogP contribution in [0.15, 0.2) is 42.5 Å². The first-order chi connectivity index (χ1) is 11.5. The van der Waals surface area contributed by atoms with E-state index in [1.165, 1.54) is 0 Å². The molecule has 0 heterocycles. The van der Waals surface area contributed by atoms with Crippen molar-refractivity contribution in [2.24, 2.45) is 5.73 Å². The Kier molecular flexibility index (Phi) is 7.09. The van der Waals surface area contributed by atoms with E-state index < -0.39 is 18.1 Å². The fraction of sp³-hybridized carbons (Fsp3) is 0.421. The second kappa shape index (κ2) is 9.06. The number of rotatable bonds is 8. The summed E-state index contributed by atoms with van der Waals surface area (Å²) in [7, 11) is 0. The summed E-state index contributed by atoms with van der Waals surface area (Å²) < 4.78 is 0. The van der Waals surface area contributed by atoms with Crippen LogP contribution in [0.3, 0.4) is 0 Å². The van der Waals surface area contributed by atoms with Crippen molar-refractivity contribution in [1.29, 1.82) is 0 Å². The molecule has 0 aliphatic rings. The fourth-order valence-corrected chi connectivity index (χ4v) is 3.45. The summed E-state index contributed by atoms with van der Waals surface area (Å²) in [6.07, 6.45) is -0.560. The fourth-order valence-electron chi connectivity index (χ4n) is 2.72. The smallest absolute Gasteiger partial charge is 0.250 e. The molecule has 0 aliphatic heterocycles. The predicted molar refractivity (Wildman–Crippen MR) is 102 cm³/mol. The maximum atomic E-state index is 12.3. The zero-order valence-corrected chi connectivity index (χ0v) is 15.1. The van der Waals surface area contributed by atoms with Gasteiger partial charge in [-0.25, -0.2) is 0 Å². The number of carbonyl (C=O) groups excluding carboxylic acids is 1. The van der Waals surface area contributed by atoms with Gasteiger partial charge < -0.3 is 16.2 Å². The Hall–Kier alpha value is -1.56. The minimum absolute atomic E-state index is 0.199. The van der Waals surface area contributed by atoms with Crippen molar-refractivity contribution in [3.63, 3.8) is 0 Å². The van der Waals surface area contributed by atoms with Gasteiger partial charge in [-0.2, -0.15) is 11.8 Å². The monoisotopic (exact) mass is 346 g/mol. The van der Waals surface area contributed by atoms with Gasteiger partial charge in [0.1, 0.15) is 6.10 Å². The Bertz CT molecular complexity index is 672. The Labute approximate surface area is 147 Å². The van der Waals surface area contributed by atoms with Gasteiger partial charge in [-0.1, -0.05) is 49.4 Å². The summed E-state index contributed by atoms with van der Waals surface area (Å²) in [6, 6.07) is 13.3. The largest absolute Gasteiger partial charge is 0.382 e. The average molecular weight is 346 g/mol. The summed E-state index contributed by atoms with van der Waals surface area (Å²) in [4.78, 5) is 12.3. The lowest BCUT2D eigenvalue weighted by atomic mass is 9.99. The predicted octanol–water partition coefficient (Wildman–Crippen LogP) is 2.85. The second-order valence-corrected chi connectivity index (χ2v) is 7.29. The lowest BCUT2D eigenvalue weighted by Crippen LogP contribution is -2.47. The van der Waals surface area contributed by atoms with Crippen molar-refractivity contribution in [3.8, 4) is 0 Å². The molecule has 0 fully saturated rings. The number of nitrogens with two attached hydrogens (primary N) is 1. The molecule has 0 aliphatic carbocycles. The standard InChI is InChI=1S/C19H26N2O2S/c1-3-24-12-11-17(20)18(22)19(23)21-13(2)15-10-6-8-14-7-4-5-9-16(14)15/h4-10,13,17-18,22H,3,11-12,20H2,1-2H3,(H,21,23)/t13-,17+,18+/m0/s1. The quantitative estimate of drug-likeness (QED) is 0.643. The van der Waals surface area contributed by atoms with Gasteiger partial charge in [0.05, 0.1) is 6.04 Å². The first-order valence-electron chi connectivity index (χ1n) is 8.34. The number of fused-ring (bicyclic) bond motifs is 1. The summed E-state index contributed by atoms with van der Waals surface area (Å²) in [5, 5.41) is 15.3. The number of benzene rings is 2. The van der Waals surface area contributed by atoms with Gasteiger partial charge in [0.25, 0.3) is 5.91 Å². The molecule has 5 heteroatoms. The molecule has 0 saturated heterocycles. The maximum absolute atomic E-state index is 12.3. The molecule has 4 N–H and O–H groups in total. The number of amides is 1. The Morgan fingerprint density at radius 3 is 2.71 bits per heavy atom. The van der Waals surface area contributed by atoms with E-state index in [9.17, 15) is 9.90 Å². The molecular formula is C19H26N2O2S. The zero-order chi connectivity index (χ0) is 17.5. The van der Waals surface area contributed by atoms with E-state index in [0.717, 1.165) is 27.8 Å². The molecule has 4 nitrogen and oxygen atoms in total. The van der Waals surface area contributed by atoms with Crippen LogP contribution in [0.1, 0.15) is 31.9 Å². The maximum Gasteiger partial charge on any atom is 0.250 e. The Balaban J connectivity index is 2.02. The summed E-state index contributed by atoms with van der Waals surface area (Å²) in [5.41, 5.74) is 6.97. The van der Waals surface area contributed by atoms with Gasteiger partial charge in [-0.3, -0.25) is 4.79 Å². The number of thioether (sulfide) groups is 1. The van der Waals surface area contributed by atoms with Crippen LogP contribution in [0.2, 0.25) is 0 Å². The lowest BCUT2D eigenvalue weighted by Gasteiger charge is -2.22. The van der Waals surface area contributed by atoms with Crippen molar-refractivity contribution in [2.75, 3.05) is 11.5 Å². The van der Waals surface area contributed by atoms with Crippen LogP contribution in [-0.4, -0.2) is 34.7 Å². The van der Waals surface area contributed by atoms with Crippen molar-refractivity contribution >= 4 is 28.4 Å².